The molecule has 12 nitrogen and oxygen atoms in total. The molecule has 10 aromatic heterocycles. The van der Waals surface area contributed by atoms with Crippen molar-refractivity contribution in [2.24, 2.45) is 0 Å². The van der Waals surface area contributed by atoms with Crippen molar-refractivity contribution in [3.63, 3.8) is 0 Å². The van der Waals surface area contributed by atoms with E-state index in [0.29, 0.717) is 23.0 Å². The molecule has 0 N–H and O–H groups in total. The van der Waals surface area contributed by atoms with Crippen LogP contribution in [0.3, 0.4) is 0 Å². The quantitative estimate of drug-likeness (QED) is 0.147. The number of benzene rings is 7. The normalized spacial score (nSPS) is 11.9. The van der Waals surface area contributed by atoms with Gasteiger partial charge in [-0.25, -0.2) is 15.0 Å². The zero-order chi connectivity index (χ0) is 53.8. The summed E-state index contributed by atoms with van der Waals surface area (Å²) in [6.45, 7) is 0. The van der Waals surface area contributed by atoms with Gasteiger partial charge in [0.1, 0.15) is 0 Å². The van der Waals surface area contributed by atoms with Crippen LogP contribution in [0.2, 0.25) is 0 Å². The van der Waals surface area contributed by atoms with E-state index in [-0.39, 0.29) is 0 Å². The van der Waals surface area contributed by atoms with E-state index in [4.69, 9.17) is 39.9 Å². The van der Waals surface area contributed by atoms with E-state index < -0.39 is 0 Å². The number of fused-ring (bicyclic) bond motifs is 12. The molecule has 0 aliphatic carbocycles. The van der Waals surface area contributed by atoms with Gasteiger partial charge in [-0.15, -0.1) is 0 Å². The molecule has 0 unspecified atom stereocenters. The van der Waals surface area contributed by atoms with Crippen LogP contribution in [0.1, 0.15) is 0 Å². The highest BCUT2D eigenvalue weighted by Gasteiger charge is 2.37. The first-order valence-corrected chi connectivity index (χ1v) is 27.2. The van der Waals surface area contributed by atoms with Crippen LogP contribution < -0.4 is 0 Å². The van der Waals surface area contributed by atoms with Gasteiger partial charge in [0, 0.05) is 75.4 Å². The zero-order valence-electron chi connectivity index (χ0n) is 43.6. The van der Waals surface area contributed by atoms with Crippen molar-refractivity contribution in [3.8, 4) is 68.0 Å². The predicted octanol–water partition coefficient (Wildman–Crippen LogP) is 15.9. The highest BCUT2D eigenvalue weighted by atomic mass is 15.2. The number of para-hydroxylation sites is 4. The van der Waals surface area contributed by atoms with Crippen LogP contribution in [-0.2, 0) is 0 Å². The number of pyridine rings is 5. The average molecular weight is 1050 g/mol. The molecule has 17 aromatic rings. The minimum atomic E-state index is 0.438. The van der Waals surface area contributed by atoms with Gasteiger partial charge in [-0.2, -0.15) is 0 Å². The topological polar surface area (TPSA) is 123 Å². The van der Waals surface area contributed by atoms with Gasteiger partial charge < -0.3 is 18.3 Å². The van der Waals surface area contributed by atoms with Crippen LogP contribution in [0, 0.1) is 0 Å². The zero-order valence-corrected chi connectivity index (χ0v) is 43.6. The van der Waals surface area contributed by atoms with Gasteiger partial charge in [0.2, 0.25) is 0 Å². The minimum Gasteiger partial charge on any atom is -0.306 e. The number of aromatic nitrogens is 12. The maximum atomic E-state index is 5.80. The number of hydrogen-bond donors (Lipinski definition) is 0. The highest BCUT2D eigenvalue weighted by molar-refractivity contribution is 6.17. The Balaban J connectivity index is 1.26. The van der Waals surface area contributed by atoms with E-state index in [1.807, 2.05) is 97.8 Å². The number of hydrogen-bond acceptors (Lipinski definition) is 8. The van der Waals surface area contributed by atoms with Gasteiger partial charge in [-0.3, -0.25) is 24.9 Å². The second kappa shape index (κ2) is 18.0. The van der Waals surface area contributed by atoms with E-state index in [1.54, 1.807) is 0 Å². The molecule has 0 atom stereocenters. The van der Waals surface area contributed by atoms with Gasteiger partial charge >= 0.3 is 0 Å². The fourth-order valence-corrected chi connectivity index (χ4v) is 12.6. The smallest absolute Gasteiger partial charge is 0.168 e. The van der Waals surface area contributed by atoms with Gasteiger partial charge in [0.25, 0.3) is 0 Å². The van der Waals surface area contributed by atoms with E-state index in [9.17, 15) is 0 Å². The van der Waals surface area contributed by atoms with Gasteiger partial charge in [-0.1, -0.05) is 133 Å². The van der Waals surface area contributed by atoms with Crippen LogP contribution in [-0.4, -0.2) is 58.1 Å². The highest BCUT2D eigenvalue weighted by Crippen LogP contribution is 2.54. The summed E-state index contributed by atoms with van der Waals surface area (Å²) in [5.41, 5.74) is 18.2. The van der Waals surface area contributed by atoms with Crippen molar-refractivity contribution in [1.29, 1.82) is 0 Å². The summed E-state index contributed by atoms with van der Waals surface area (Å²) in [6, 6.07) is 75.7. The largest absolute Gasteiger partial charge is 0.306 e. The average Bonchev–Trinajstić information content (AvgIpc) is 2.09. The fraction of sp³-hybridized carbons (Fsp3) is 0. The lowest BCUT2D eigenvalue weighted by molar-refractivity contribution is 1.02. The first-order valence-electron chi connectivity index (χ1n) is 27.2. The minimum absolute atomic E-state index is 0.438. The standard InChI is InChI=1S/C70H42N12/c1-3-19-44(20-4-1)68-76-69(45-21-5-2-6-22-45)78-70(77-68)59-64(79-50-27-11-7-23-46(50)60-54(79)31-15-37-72-60)58(43-35-41-71-42-36-43)65(80-51-28-12-8-24-47(51)61-55(80)32-16-38-73-61)67(82-53-30-14-10-26-49(53)63-57(82)34-18-40-75-63)66(59)81-52-29-13-9-25-48(52)62-56(81)33-17-39-74-62/h1-42H. The Kier molecular flexibility index (Phi) is 10.0. The molecule has 0 spiro atoms. The summed E-state index contributed by atoms with van der Waals surface area (Å²) in [7, 11) is 0. The summed E-state index contributed by atoms with van der Waals surface area (Å²) in [4.78, 5) is 42.5. The molecule has 0 aliphatic rings. The Labute approximate surface area is 467 Å². The Morgan fingerprint density at radius 1 is 0.220 bits per heavy atom. The molecule has 10 heterocycles. The monoisotopic (exact) mass is 1050 g/mol. The second-order valence-corrected chi connectivity index (χ2v) is 20.3. The number of rotatable bonds is 8. The lowest BCUT2D eigenvalue weighted by atomic mass is 9.92. The maximum Gasteiger partial charge on any atom is 0.168 e. The summed E-state index contributed by atoms with van der Waals surface area (Å²) >= 11 is 0. The van der Waals surface area contributed by atoms with Crippen molar-refractivity contribution in [2.75, 3.05) is 0 Å². The van der Waals surface area contributed by atoms with Crippen LogP contribution in [0.5, 0.6) is 0 Å². The molecular weight excluding hydrogens is 1010 g/mol. The summed E-state index contributed by atoms with van der Waals surface area (Å²) in [5.74, 6) is 1.47. The van der Waals surface area contributed by atoms with E-state index in [1.165, 1.54) is 0 Å². The molecule has 0 saturated carbocycles. The molecular formula is C70H42N12. The van der Waals surface area contributed by atoms with E-state index in [2.05, 4.69) is 176 Å². The Morgan fingerprint density at radius 3 is 0.939 bits per heavy atom. The van der Waals surface area contributed by atoms with E-state index >= 15 is 0 Å². The summed E-state index contributed by atoms with van der Waals surface area (Å²) in [6.07, 6.45) is 11.3. The lowest BCUT2D eigenvalue weighted by Crippen LogP contribution is -2.17. The van der Waals surface area contributed by atoms with Crippen molar-refractivity contribution in [1.82, 2.24) is 58.1 Å². The Hall–Kier alpha value is -11.5. The molecule has 0 amide bonds. The lowest BCUT2D eigenvalue weighted by Gasteiger charge is -2.30. The SMILES string of the molecule is c1ccc(-c2nc(-c3ccccc3)nc(-c3c(-n4c5ccccc5c5ncccc54)c(-c4ccncc4)c(-n4c5ccccc5c5ncccc54)c(-n4c5ccccc5c5ncccc54)c3-n3c4ccccc4c4ncccc43)n2)cc1. The molecule has 82 heavy (non-hydrogen) atoms. The fourth-order valence-electron chi connectivity index (χ4n) is 12.6. The van der Waals surface area contributed by atoms with E-state index in [0.717, 1.165) is 133 Å². The molecule has 0 fully saturated rings. The summed E-state index contributed by atoms with van der Waals surface area (Å²) < 4.78 is 9.63. The molecule has 382 valence electrons. The van der Waals surface area contributed by atoms with Crippen LogP contribution in [0.4, 0.5) is 0 Å². The second-order valence-electron chi connectivity index (χ2n) is 20.3. The van der Waals surface area contributed by atoms with Crippen molar-refractivity contribution >= 4 is 87.7 Å². The first-order chi connectivity index (χ1) is 40.8. The molecule has 7 aromatic carbocycles. The summed E-state index contributed by atoms with van der Waals surface area (Å²) in [5, 5.41) is 3.96. The molecule has 0 radical (unpaired) electrons. The molecule has 0 saturated heterocycles. The van der Waals surface area contributed by atoms with Crippen LogP contribution in [0.15, 0.2) is 256 Å². The molecule has 0 bridgehead atoms. The third kappa shape index (κ3) is 6.66. The van der Waals surface area contributed by atoms with Crippen LogP contribution in [0.25, 0.3) is 156 Å². The Morgan fingerprint density at radius 2 is 0.537 bits per heavy atom. The molecule has 0 aliphatic heterocycles. The third-order valence-electron chi connectivity index (χ3n) is 15.9. The van der Waals surface area contributed by atoms with Gasteiger partial charge in [0.05, 0.1) is 94.5 Å². The van der Waals surface area contributed by atoms with Gasteiger partial charge in [-0.05, 0) is 90.5 Å². The van der Waals surface area contributed by atoms with Crippen molar-refractivity contribution in [3.05, 3.63) is 256 Å². The Bertz CT molecular complexity index is 5140. The third-order valence-corrected chi connectivity index (χ3v) is 15.9. The molecule has 17 rings (SSSR count). The van der Waals surface area contributed by atoms with Gasteiger partial charge in [0.15, 0.2) is 17.5 Å². The molecule has 12 heteroatoms. The maximum absolute atomic E-state index is 5.80. The van der Waals surface area contributed by atoms with Crippen molar-refractivity contribution in [2.45, 2.75) is 0 Å². The van der Waals surface area contributed by atoms with Crippen LogP contribution >= 0.6 is 0 Å². The first kappa shape index (κ1) is 45.5. The number of nitrogens with zero attached hydrogens (tertiary/aromatic N) is 12. The van der Waals surface area contributed by atoms with Crippen molar-refractivity contribution < 1.29 is 0 Å². The predicted molar refractivity (Wildman–Crippen MR) is 328 cm³/mol.